The molecule has 0 amide bonds. The van der Waals surface area contributed by atoms with Crippen molar-refractivity contribution < 1.29 is 5.11 Å². The Morgan fingerprint density at radius 2 is 1.85 bits per heavy atom. The molecule has 1 aromatic rings. The zero-order chi connectivity index (χ0) is 9.36. The Bertz CT molecular complexity index is 279. The van der Waals surface area contributed by atoms with Gasteiger partial charge in [0.15, 0.2) is 0 Å². The largest absolute Gasteiger partial charge is 0.237 e. The van der Waals surface area contributed by atoms with Gasteiger partial charge in [-0.3, -0.25) is 0 Å². The van der Waals surface area contributed by atoms with E-state index in [2.05, 4.69) is 24.0 Å². The molecule has 1 rings (SSSR count). The predicted molar refractivity (Wildman–Crippen MR) is 52.7 cm³/mol. The van der Waals surface area contributed by atoms with E-state index in [1.165, 1.54) is 5.56 Å². The molecule has 0 fully saturated rings. The van der Waals surface area contributed by atoms with E-state index in [9.17, 15) is 5.11 Å². The average Bonchev–Trinajstić information content (AvgIpc) is 2.19. The Morgan fingerprint density at radius 3 is 2.54 bits per heavy atom. The molecule has 1 heteroatoms. The lowest BCUT2D eigenvalue weighted by atomic mass is 10.1. The Morgan fingerprint density at radius 1 is 1.08 bits per heavy atom. The molecule has 0 aliphatic rings. The smallest absolute Gasteiger partial charge is 0.0831 e. The molecular weight excluding hydrogens is 160 g/mol. The Kier molecular flexibility index (Phi) is 4.74. The van der Waals surface area contributed by atoms with Crippen LogP contribution in [-0.2, 0) is 11.5 Å². The molecular formula is C12H13O. The fraction of sp³-hybridized carbons (Fsp3) is 0.333. The van der Waals surface area contributed by atoms with Crippen LogP contribution < -0.4 is 0 Å². The summed E-state index contributed by atoms with van der Waals surface area (Å²) in [6.07, 6.45) is 2.19. The third-order valence-electron chi connectivity index (χ3n) is 1.71. The standard InChI is InChI=1S/C12H13O/c13-11-7-2-1-4-8-12-9-5-3-6-10-12/h3,5-6,9-10H,2,7-8,11H2. The van der Waals surface area contributed by atoms with Gasteiger partial charge in [-0.05, 0) is 12.0 Å². The quantitative estimate of drug-likeness (QED) is 0.494. The van der Waals surface area contributed by atoms with Crippen molar-refractivity contribution >= 4 is 0 Å². The molecule has 0 heterocycles. The molecule has 1 nitrogen and oxygen atoms in total. The van der Waals surface area contributed by atoms with Crippen LogP contribution in [0.4, 0.5) is 0 Å². The Labute approximate surface area is 79.4 Å². The first-order valence-electron chi connectivity index (χ1n) is 4.51. The molecule has 0 aromatic heterocycles. The van der Waals surface area contributed by atoms with Gasteiger partial charge in [-0.2, -0.15) is 0 Å². The minimum atomic E-state index is -0.0139. The summed E-state index contributed by atoms with van der Waals surface area (Å²) in [5.74, 6) is 6.03. The van der Waals surface area contributed by atoms with E-state index in [-0.39, 0.29) is 6.61 Å². The second-order valence-corrected chi connectivity index (χ2v) is 2.82. The van der Waals surface area contributed by atoms with Gasteiger partial charge in [-0.25, -0.2) is 5.11 Å². The number of hydrogen-bond acceptors (Lipinski definition) is 0. The third kappa shape index (κ3) is 4.35. The summed E-state index contributed by atoms with van der Waals surface area (Å²) in [7, 11) is 0. The molecule has 0 saturated heterocycles. The highest BCUT2D eigenvalue weighted by Crippen LogP contribution is 1.98. The van der Waals surface area contributed by atoms with Crippen LogP contribution in [0.3, 0.4) is 0 Å². The van der Waals surface area contributed by atoms with Crippen LogP contribution in [0.2, 0.25) is 0 Å². The Hall–Kier alpha value is -1.26. The fourth-order valence-electron chi connectivity index (χ4n) is 1.01. The molecule has 1 aromatic carbocycles. The third-order valence-corrected chi connectivity index (χ3v) is 1.71. The van der Waals surface area contributed by atoms with Crippen molar-refractivity contribution in [3.05, 3.63) is 35.9 Å². The minimum absolute atomic E-state index is 0.0139. The van der Waals surface area contributed by atoms with Crippen LogP contribution in [0.5, 0.6) is 0 Å². The van der Waals surface area contributed by atoms with Crippen LogP contribution in [0.1, 0.15) is 18.4 Å². The number of benzene rings is 1. The van der Waals surface area contributed by atoms with Gasteiger partial charge in [0.1, 0.15) is 0 Å². The van der Waals surface area contributed by atoms with E-state index < -0.39 is 0 Å². The van der Waals surface area contributed by atoms with Crippen LogP contribution in [0.15, 0.2) is 30.3 Å². The maximum atomic E-state index is 10.1. The topological polar surface area (TPSA) is 19.9 Å². The minimum Gasteiger partial charge on any atom is -0.237 e. The van der Waals surface area contributed by atoms with E-state index in [4.69, 9.17) is 0 Å². The number of hydrogen-bond donors (Lipinski definition) is 0. The number of unbranched alkanes of at least 4 members (excludes halogenated alkanes) is 1. The molecule has 0 aliphatic heterocycles. The van der Waals surface area contributed by atoms with Crippen molar-refractivity contribution in [1.82, 2.24) is 0 Å². The van der Waals surface area contributed by atoms with Crippen molar-refractivity contribution in [2.24, 2.45) is 0 Å². The first-order chi connectivity index (χ1) is 6.43. The van der Waals surface area contributed by atoms with E-state index in [0.29, 0.717) is 6.42 Å². The normalized spacial score (nSPS) is 9.00. The highest BCUT2D eigenvalue weighted by atomic mass is 16.2. The molecule has 0 atom stereocenters. The van der Waals surface area contributed by atoms with Crippen LogP contribution in [0, 0.1) is 11.8 Å². The second kappa shape index (κ2) is 6.28. The lowest BCUT2D eigenvalue weighted by Crippen LogP contribution is -1.80. The first kappa shape index (κ1) is 9.83. The van der Waals surface area contributed by atoms with Crippen molar-refractivity contribution in [2.75, 3.05) is 6.61 Å². The van der Waals surface area contributed by atoms with Crippen LogP contribution >= 0.6 is 0 Å². The summed E-state index contributed by atoms with van der Waals surface area (Å²) in [4.78, 5) is 0. The molecule has 0 saturated carbocycles. The van der Waals surface area contributed by atoms with Crippen molar-refractivity contribution in [3.63, 3.8) is 0 Å². The van der Waals surface area contributed by atoms with E-state index in [0.717, 1.165) is 12.8 Å². The molecule has 0 unspecified atom stereocenters. The summed E-state index contributed by atoms with van der Waals surface area (Å²) in [6.45, 7) is -0.0139. The van der Waals surface area contributed by atoms with Gasteiger partial charge in [0, 0.05) is 12.8 Å². The van der Waals surface area contributed by atoms with Crippen LogP contribution in [-0.4, -0.2) is 6.61 Å². The molecule has 0 bridgehead atoms. The molecule has 13 heavy (non-hydrogen) atoms. The lowest BCUT2D eigenvalue weighted by Gasteiger charge is -1.91. The maximum Gasteiger partial charge on any atom is 0.0831 e. The van der Waals surface area contributed by atoms with Gasteiger partial charge >= 0.3 is 0 Å². The second-order valence-electron chi connectivity index (χ2n) is 2.82. The lowest BCUT2D eigenvalue weighted by molar-refractivity contribution is 0.190. The zero-order valence-corrected chi connectivity index (χ0v) is 7.62. The number of rotatable bonds is 3. The van der Waals surface area contributed by atoms with E-state index >= 15 is 0 Å². The highest BCUT2D eigenvalue weighted by molar-refractivity contribution is 5.20. The SMILES string of the molecule is [O]CCCC#CCc1ccccc1. The Balaban J connectivity index is 2.29. The van der Waals surface area contributed by atoms with Gasteiger partial charge in [0.05, 0.1) is 6.61 Å². The molecule has 0 N–H and O–H groups in total. The van der Waals surface area contributed by atoms with Gasteiger partial charge in [-0.1, -0.05) is 36.3 Å². The fourth-order valence-corrected chi connectivity index (χ4v) is 1.01. The van der Waals surface area contributed by atoms with Crippen LogP contribution in [0.25, 0.3) is 0 Å². The first-order valence-corrected chi connectivity index (χ1v) is 4.51. The van der Waals surface area contributed by atoms with E-state index in [1.807, 2.05) is 18.2 Å². The maximum absolute atomic E-state index is 10.1. The highest BCUT2D eigenvalue weighted by Gasteiger charge is 1.84. The van der Waals surface area contributed by atoms with Gasteiger partial charge < -0.3 is 0 Å². The summed E-state index contributed by atoms with van der Waals surface area (Å²) in [5, 5.41) is 10.1. The monoisotopic (exact) mass is 173 g/mol. The molecule has 67 valence electrons. The summed E-state index contributed by atoms with van der Waals surface area (Å²) in [6, 6.07) is 10.1. The summed E-state index contributed by atoms with van der Waals surface area (Å²) < 4.78 is 0. The molecule has 0 aliphatic carbocycles. The van der Waals surface area contributed by atoms with E-state index in [1.54, 1.807) is 0 Å². The molecule has 0 spiro atoms. The van der Waals surface area contributed by atoms with Gasteiger partial charge in [-0.15, -0.1) is 5.92 Å². The van der Waals surface area contributed by atoms with Gasteiger partial charge in [0.2, 0.25) is 0 Å². The summed E-state index contributed by atoms with van der Waals surface area (Å²) in [5.41, 5.74) is 1.23. The summed E-state index contributed by atoms with van der Waals surface area (Å²) >= 11 is 0. The van der Waals surface area contributed by atoms with Gasteiger partial charge in [0.25, 0.3) is 0 Å². The van der Waals surface area contributed by atoms with Crippen molar-refractivity contribution in [3.8, 4) is 11.8 Å². The average molecular weight is 173 g/mol. The zero-order valence-electron chi connectivity index (χ0n) is 7.62. The predicted octanol–water partition coefficient (Wildman–Crippen LogP) is 2.44. The molecule has 1 radical (unpaired) electrons. The van der Waals surface area contributed by atoms with Crippen molar-refractivity contribution in [2.45, 2.75) is 19.3 Å². The van der Waals surface area contributed by atoms with Crippen molar-refractivity contribution in [1.29, 1.82) is 0 Å².